The van der Waals surface area contributed by atoms with E-state index >= 15 is 0 Å². The number of allylic oxidation sites excluding steroid dienone is 3. The summed E-state index contributed by atoms with van der Waals surface area (Å²) in [7, 11) is 0. The lowest BCUT2D eigenvalue weighted by Crippen LogP contribution is -1.93. The number of benzene rings is 1. The Bertz CT molecular complexity index is 489. The first-order chi connectivity index (χ1) is 9.13. The third-order valence-electron chi connectivity index (χ3n) is 4.00. The van der Waals surface area contributed by atoms with Crippen LogP contribution in [0, 0.1) is 0 Å². The predicted octanol–water partition coefficient (Wildman–Crippen LogP) is 5.62. The van der Waals surface area contributed by atoms with Gasteiger partial charge in [0.1, 0.15) is 0 Å². The van der Waals surface area contributed by atoms with Crippen LogP contribution in [0.2, 0.25) is 0 Å². The molecule has 0 nitrogen and oxygen atoms in total. The zero-order valence-corrected chi connectivity index (χ0v) is 13.1. The highest BCUT2D eigenvalue weighted by atomic mass is 32.1. The Kier molecular flexibility index (Phi) is 4.93. The van der Waals surface area contributed by atoms with E-state index in [-0.39, 0.29) is 0 Å². The van der Waals surface area contributed by atoms with E-state index in [9.17, 15) is 0 Å². The average molecular weight is 272 g/mol. The first-order valence-electron chi connectivity index (χ1n) is 7.24. The molecule has 0 aromatic heterocycles. The second-order valence-electron chi connectivity index (χ2n) is 5.69. The van der Waals surface area contributed by atoms with Crippen molar-refractivity contribution < 1.29 is 0 Å². The lowest BCUT2D eigenvalue weighted by atomic mass is 9.93. The van der Waals surface area contributed by atoms with Crippen LogP contribution in [0.3, 0.4) is 0 Å². The van der Waals surface area contributed by atoms with Gasteiger partial charge in [0, 0.05) is 5.75 Å². The summed E-state index contributed by atoms with van der Waals surface area (Å²) < 4.78 is 0. The Labute approximate surface area is 123 Å². The minimum atomic E-state index is 0.596. The van der Waals surface area contributed by atoms with Crippen LogP contribution in [0.15, 0.2) is 41.5 Å². The molecule has 0 unspecified atom stereocenters. The second-order valence-corrected chi connectivity index (χ2v) is 6.05. The van der Waals surface area contributed by atoms with Gasteiger partial charge in [-0.2, -0.15) is 12.6 Å². The van der Waals surface area contributed by atoms with Gasteiger partial charge in [-0.05, 0) is 54.4 Å². The number of thiol groups is 1. The van der Waals surface area contributed by atoms with Gasteiger partial charge in [0.15, 0.2) is 0 Å². The Hall–Kier alpha value is -0.950. The van der Waals surface area contributed by atoms with Crippen molar-refractivity contribution in [3.05, 3.63) is 52.6 Å². The molecule has 2 rings (SSSR count). The van der Waals surface area contributed by atoms with Crippen molar-refractivity contribution in [2.24, 2.45) is 0 Å². The van der Waals surface area contributed by atoms with Gasteiger partial charge in [0.25, 0.3) is 0 Å². The van der Waals surface area contributed by atoms with Crippen molar-refractivity contribution in [3.8, 4) is 0 Å². The molecule has 0 bridgehead atoms. The fourth-order valence-corrected chi connectivity index (χ4v) is 3.00. The number of hydrogen-bond acceptors (Lipinski definition) is 1. The van der Waals surface area contributed by atoms with Crippen molar-refractivity contribution in [2.45, 2.75) is 46.0 Å². The van der Waals surface area contributed by atoms with Gasteiger partial charge in [0.05, 0.1) is 0 Å². The van der Waals surface area contributed by atoms with Crippen LogP contribution in [-0.2, 0) is 0 Å². The molecule has 1 aliphatic carbocycles. The number of rotatable bonds is 4. The lowest BCUT2D eigenvalue weighted by Gasteiger charge is -2.13. The highest BCUT2D eigenvalue weighted by Crippen LogP contribution is 2.36. The van der Waals surface area contributed by atoms with E-state index in [2.05, 4.69) is 63.7 Å². The van der Waals surface area contributed by atoms with Crippen LogP contribution in [-0.4, -0.2) is 5.75 Å². The largest absolute Gasteiger partial charge is 0.175 e. The predicted molar refractivity (Wildman–Crippen MR) is 88.9 cm³/mol. The van der Waals surface area contributed by atoms with Gasteiger partial charge < -0.3 is 0 Å². The van der Waals surface area contributed by atoms with Gasteiger partial charge in [-0.15, -0.1) is 0 Å². The first-order valence-corrected chi connectivity index (χ1v) is 7.87. The van der Waals surface area contributed by atoms with Crippen LogP contribution < -0.4 is 0 Å². The van der Waals surface area contributed by atoms with E-state index in [1.54, 1.807) is 11.1 Å². The summed E-state index contributed by atoms with van der Waals surface area (Å²) in [6, 6.07) is 9.06. The molecule has 0 atom stereocenters. The van der Waals surface area contributed by atoms with Gasteiger partial charge in [-0.3, -0.25) is 0 Å². The second kappa shape index (κ2) is 6.47. The summed E-state index contributed by atoms with van der Waals surface area (Å²) in [6.45, 7) is 6.75. The van der Waals surface area contributed by atoms with Crippen molar-refractivity contribution >= 4 is 18.2 Å². The van der Waals surface area contributed by atoms with E-state index in [1.165, 1.54) is 36.0 Å². The molecule has 0 radical (unpaired) electrons. The zero-order valence-electron chi connectivity index (χ0n) is 12.2. The van der Waals surface area contributed by atoms with E-state index < -0.39 is 0 Å². The monoisotopic (exact) mass is 272 g/mol. The van der Waals surface area contributed by atoms with Gasteiger partial charge >= 0.3 is 0 Å². The van der Waals surface area contributed by atoms with Crippen LogP contribution in [0.25, 0.3) is 5.57 Å². The quantitative estimate of drug-likeness (QED) is 0.675. The van der Waals surface area contributed by atoms with Crippen molar-refractivity contribution in [2.75, 3.05) is 5.75 Å². The van der Waals surface area contributed by atoms with Crippen LogP contribution in [0.4, 0.5) is 0 Å². The summed E-state index contributed by atoms with van der Waals surface area (Å²) in [6.07, 6.45) is 6.04. The molecule has 0 fully saturated rings. The highest BCUT2D eigenvalue weighted by Gasteiger charge is 2.16. The van der Waals surface area contributed by atoms with Crippen LogP contribution >= 0.6 is 12.6 Å². The smallest absolute Gasteiger partial charge is 0.00918 e. The molecule has 1 aromatic rings. The summed E-state index contributed by atoms with van der Waals surface area (Å²) in [5, 5.41) is 0. The standard InChI is InChI=1S/C18H24S/c1-13(2)15-7-9-16(10-8-15)18(11-12-19)17-6-4-5-14(17)3/h7-11,13,19H,4-6,12H2,1-3H3/b18-11-. The fourth-order valence-electron chi connectivity index (χ4n) is 2.81. The van der Waals surface area contributed by atoms with E-state index in [0.717, 1.165) is 5.75 Å². The molecule has 0 N–H and O–H groups in total. The average Bonchev–Trinajstić information content (AvgIpc) is 2.82. The third kappa shape index (κ3) is 3.33. The summed E-state index contributed by atoms with van der Waals surface area (Å²) in [4.78, 5) is 0. The molecule has 0 aliphatic heterocycles. The molecule has 0 saturated heterocycles. The summed E-state index contributed by atoms with van der Waals surface area (Å²) in [5.41, 5.74) is 7.26. The Balaban J connectivity index is 2.35. The van der Waals surface area contributed by atoms with Crippen molar-refractivity contribution in [3.63, 3.8) is 0 Å². The maximum absolute atomic E-state index is 4.39. The first kappa shape index (κ1) is 14.5. The molecule has 1 aliphatic rings. The Morgan fingerprint density at radius 3 is 2.37 bits per heavy atom. The van der Waals surface area contributed by atoms with E-state index in [0.29, 0.717) is 5.92 Å². The molecule has 1 heteroatoms. The SMILES string of the molecule is CC1=C(/C(=C\CS)c2ccc(C(C)C)cc2)CCC1. The van der Waals surface area contributed by atoms with Crippen LogP contribution in [0.1, 0.15) is 57.1 Å². The Morgan fingerprint density at radius 2 is 1.89 bits per heavy atom. The van der Waals surface area contributed by atoms with Crippen molar-refractivity contribution in [1.82, 2.24) is 0 Å². The van der Waals surface area contributed by atoms with E-state index in [1.807, 2.05) is 0 Å². The molecule has 0 heterocycles. The van der Waals surface area contributed by atoms with E-state index in [4.69, 9.17) is 0 Å². The molecule has 0 spiro atoms. The van der Waals surface area contributed by atoms with Gasteiger partial charge in [-0.1, -0.05) is 49.8 Å². The maximum atomic E-state index is 4.39. The van der Waals surface area contributed by atoms with Crippen LogP contribution in [0.5, 0.6) is 0 Å². The molecule has 0 saturated carbocycles. The molecule has 102 valence electrons. The summed E-state index contributed by atoms with van der Waals surface area (Å²) in [5.74, 6) is 1.40. The highest BCUT2D eigenvalue weighted by molar-refractivity contribution is 7.80. The topological polar surface area (TPSA) is 0 Å². The zero-order chi connectivity index (χ0) is 13.8. The molecule has 1 aromatic carbocycles. The Morgan fingerprint density at radius 1 is 1.21 bits per heavy atom. The third-order valence-corrected chi connectivity index (χ3v) is 4.19. The minimum absolute atomic E-state index is 0.596. The fraction of sp³-hybridized carbons (Fsp3) is 0.444. The molecular weight excluding hydrogens is 248 g/mol. The lowest BCUT2D eigenvalue weighted by molar-refractivity contribution is 0.866. The maximum Gasteiger partial charge on any atom is 0.00918 e. The molecule has 19 heavy (non-hydrogen) atoms. The summed E-state index contributed by atoms with van der Waals surface area (Å²) >= 11 is 4.39. The van der Waals surface area contributed by atoms with Gasteiger partial charge in [0.2, 0.25) is 0 Å². The number of hydrogen-bond donors (Lipinski definition) is 1. The molecular formula is C18H24S. The molecule has 0 amide bonds. The minimum Gasteiger partial charge on any atom is -0.175 e. The van der Waals surface area contributed by atoms with Gasteiger partial charge in [-0.25, -0.2) is 0 Å². The normalized spacial score (nSPS) is 16.6. The van der Waals surface area contributed by atoms with Crippen molar-refractivity contribution in [1.29, 1.82) is 0 Å².